The minimum atomic E-state index is -0.108. The van der Waals surface area contributed by atoms with Crippen molar-refractivity contribution >= 4 is 17.3 Å². The van der Waals surface area contributed by atoms with Crippen LogP contribution >= 0.6 is 11.6 Å². The average molecular weight is 205 g/mol. The van der Waals surface area contributed by atoms with Gasteiger partial charge < -0.3 is 5.32 Å². The first kappa shape index (κ1) is 10.4. The fraction of sp³-hybridized carbons (Fsp3) is 0.182. The highest BCUT2D eigenvalue weighted by molar-refractivity contribution is 6.30. The molecule has 0 aromatic heterocycles. The molecule has 1 aromatic rings. The van der Waals surface area contributed by atoms with Crippen LogP contribution in [0.3, 0.4) is 0 Å². The molecule has 0 spiro atoms. The van der Waals surface area contributed by atoms with E-state index in [1.165, 1.54) is 0 Å². The quantitative estimate of drug-likeness (QED) is 0.752. The Hall–Kier alpha value is -1.64. The Labute approximate surface area is 88.5 Å². The number of rotatable bonds is 2. The number of nitrogens with one attached hydrogen (secondary N) is 1. The molecule has 0 aliphatic heterocycles. The zero-order chi connectivity index (χ0) is 10.6. The molecule has 0 radical (unpaired) electrons. The van der Waals surface area contributed by atoms with Gasteiger partial charge in [-0.05, 0) is 25.1 Å². The summed E-state index contributed by atoms with van der Waals surface area (Å²) in [6, 6.07) is 7.01. The highest BCUT2D eigenvalue weighted by Crippen LogP contribution is 2.20. The molecule has 0 bridgehead atoms. The van der Waals surface area contributed by atoms with Crippen LogP contribution in [0, 0.1) is 23.7 Å². The van der Waals surface area contributed by atoms with E-state index in [0.717, 1.165) is 0 Å². The van der Waals surface area contributed by atoms with E-state index in [1.54, 1.807) is 18.2 Å². The number of benzene rings is 1. The van der Waals surface area contributed by atoms with Gasteiger partial charge in [-0.25, -0.2) is 0 Å². The summed E-state index contributed by atoms with van der Waals surface area (Å²) in [5.41, 5.74) is 1.21. The lowest BCUT2D eigenvalue weighted by molar-refractivity contribution is 1.03. The Bertz CT molecular complexity index is 412. The summed E-state index contributed by atoms with van der Waals surface area (Å²) in [6.45, 7) is 1.84. The molecule has 0 amide bonds. The van der Waals surface area contributed by atoms with E-state index in [2.05, 4.69) is 17.3 Å². The number of anilines is 1. The highest BCUT2D eigenvalue weighted by atomic mass is 35.5. The fourth-order valence-electron chi connectivity index (χ4n) is 1.01. The molecule has 1 aromatic carbocycles. The Kier molecular flexibility index (Phi) is 3.40. The molecule has 0 saturated carbocycles. The number of nitrogens with zero attached hydrogens (tertiary/aromatic N) is 1. The van der Waals surface area contributed by atoms with Gasteiger partial charge in [-0.15, -0.1) is 6.42 Å². The van der Waals surface area contributed by atoms with Gasteiger partial charge in [-0.2, -0.15) is 5.26 Å². The maximum atomic E-state index is 8.83. The Morgan fingerprint density at radius 1 is 1.57 bits per heavy atom. The third-order valence-electron chi connectivity index (χ3n) is 1.72. The standard InChI is InChI=1S/C11H9ClN2/c1-3-8(2)14-11-5-4-10(12)6-9(11)7-13/h1,4-6,8,14H,2H3. The fourth-order valence-corrected chi connectivity index (χ4v) is 1.18. The van der Waals surface area contributed by atoms with Crippen LogP contribution in [0.5, 0.6) is 0 Å². The van der Waals surface area contributed by atoms with Crippen LogP contribution in [-0.4, -0.2) is 6.04 Å². The van der Waals surface area contributed by atoms with Crippen molar-refractivity contribution in [3.05, 3.63) is 28.8 Å². The first-order valence-corrected chi connectivity index (χ1v) is 4.47. The van der Waals surface area contributed by atoms with E-state index in [1.807, 2.05) is 6.92 Å². The van der Waals surface area contributed by atoms with Crippen LogP contribution in [0.15, 0.2) is 18.2 Å². The Morgan fingerprint density at radius 2 is 2.29 bits per heavy atom. The van der Waals surface area contributed by atoms with Gasteiger partial charge in [0.15, 0.2) is 0 Å². The van der Waals surface area contributed by atoms with Crippen LogP contribution in [0.4, 0.5) is 5.69 Å². The summed E-state index contributed by atoms with van der Waals surface area (Å²) in [5, 5.41) is 12.4. The van der Waals surface area contributed by atoms with Crippen LogP contribution in [0.2, 0.25) is 5.02 Å². The molecule has 0 aliphatic carbocycles. The summed E-state index contributed by atoms with van der Waals surface area (Å²) in [6.07, 6.45) is 5.22. The highest BCUT2D eigenvalue weighted by Gasteiger charge is 2.04. The van der Waals surface area contributed by atoms with Gasteiger partial charge in [0, 0.05) is 5.02 Å². The van der Waals surface area contributed by atoms with E-state index < -0.39 is 0 Å². The van der Waals surface area contributed by atoms with Gasteiger partial charge in [0.05, 0.1) is 17.3 Å². The van der Waals surface area contributed by atoms with Crippen molar-refractivity contribution in [1.29, 1.82) is 5.26 Å². The molecule has 1 unspecified atom stereocenters. The molecule has 70 valence electrons. The second-order valence-corrected chi connectivity index (χ2v) is 3.27. The summed E-state index contributed by atoms with van der Waals surface area (Å²) < 4.78 is 0. The van der Waals surface area contributed by atoms with E-state index in [0.29, 0.717) is 16.3 Å². The van der Waals surface area contributed by atoms with Gasteiger partial charge in [-0.3, -0.25) is 0 Å². The maximum Gasteiger partial charge on any atom is 0.101 e. The minimum absolute atomic E-state index is 0.108. The van der Waals surface area contributed by atoms with E-state index in [9.17, 15) is 0 Å². The van der Waals surface area contributed by atoms with Gasteiger partial charge in [0.2, 0.25) is 0 Å². The largest absolute Gasteiger partial charge is 0.371 e. The Balaban J connectivity index is 2.99. The lowest BCUT2D eigenvalue weighted by Crippen LogP contribution is -2.12. The monoisotopic (exact) mass is 204 g/mol. The zero-order valence-corrected chi connectivity index (χ0v) is 8.47. The van der Waals surface area contributed by atoms with Gasteiger partial charge >= 0.3 is 0 Å². The Morgan fingerprint density at radius 3 is 2.86 bits per heavy atom. The van der Waals surface area contributed by atoms with Crippen LogP contribution in [-0.2, 0) is 0 Å². The molecule has 0 saturated heterocycles. The SMILES string of the molecule is C#CC(C)Nc1ccc(Cl)cc1C#N. The molecule has 0 heterocycles. The number of hydrogen-bond donors (Lipinski definition) is 1. The first-order chi connectivity index (χ1) is 6.67. The van der Waals surface area contributed by atoms with E-state index in [4.69, 9.17) is 23.3 Å². The molecule has 3 heteroatoms. The molecule has 0 aliphatic rings. The van der Waals surface area contributed by atoms with Crippen molar-refractivity contribution in [2.24, 2.45) is 0 Å². The normalized spacial score (nSPS) is 11.1. The van der Waals surface area contributed by atoms with Crippen LogP contribution in [0.1, 0.15) is 12.5 Å². The maximum absolute atomic E-state index is 8.83. The van der Waals surface area contributed by atoms with Crippen molar-refractivity contribution in [3.63, 3.8) is 0 Å². The number of halogens is 1. The smallest absolute Gasteiger partial charge is 0.101 e. The van der Waals surface area contributed by atoms with Gasteiger partial charge in [-0.1, -0.05) is 17.5 Å². The average Bonchev–Trinajstić information content (AvgIpc) is 2.20. The van der Waals surface area contributed by atoms with Crippen molar-refractivity contribution in [2.75, 3.05) is 5.32 Å². The number of nitriles is 1. The van der Waals surface area contributed by atoms with Gasteiger partial charge in [0.25, 0.3) is 0 Å². The third-order valence-corrected chi connectivity index (χ3v) is 1.96. The van der Waals surface area contributed by atoms with Crippen molar-refractivity contribution in [2.45, 2.75) is 13.0 Å². The molecular weight excluding hydrogens is 196 g/mol. The molecule has 0 fully saturated rings. The molecule has 14 heavy (non-hydrogen) atoms. The number of terminal acetylenes is 1. The third kappa shape index (κ3) is 2.42. The second kappa shape index (κ2) is 4.56. The summed E-state index contributed by atoms with van der Waals surface area (Å²) in [4.78, 5) is 0. The molecule has 2 nitrogen and oxygen atoms in total. The summed E-state index contributed by atoms with van der Waals surface area (Å²) in [5.74, 6) is 2.53. The van der Waals surface area contributed by atoms with Crippen molar-refractivity contribution in [3.8, 4) is 18.4 Å². The second-order valence-electron chi connectivity index (χ2n) is 2.83. The molecule has 1 atom stereocenters. The lowest BCUT2D eigenvalue weighted by Gasteiger charge is -2.10. The lowest BCUT2D eigenvalue weighted by atomic mass is 10.2. The first-order valence-electron chi connectivity index (χ1n) is 4.09. The minimum Gasteiger partial charge on any atom is -0.371 e. The van der Waals surface area contributed by atoms with Gasteiger partial charge in [0.1, 0.15) is 6.07 Å². The van der Waals surface area contributed by atoms with Crippen molar-refractivity contribution < 1.29 is 0 Å². The molecular formula is C11H9ClN2. The zero-order valence-electron chi connectivity index (χ0n) is 7.71. The van der Waals surface area contributed by atoms with Crippen molar-refractivity contribution in [1.82, 2.24) is 0 Å². The topological polar surface area (TPSA) is 35.8 Å². The predicted molar refractivity (Wildman–Crippen MR) is 58.1 cm³/mol. The van der Waals surface area contributed by atoms with E-state index >= 15 is 0 Å². The van der Waals surface area contributed by atoms with Crippen LogP contribution < -0.4 is 5.32 Å². The van der Waals surface area contributed by atoms with E-state index in [-0.39, 0.29) is 6.04 Å². The molecule has 1 N–H and O–H groups in total. The number of hydrogen-bond acceptors (Lipinski definition) is 2. The summed E-state index contributed by atoms with van der Waals surface area (Å²) in [7, 11) is 0. The molecule has 1 rings (SSSR count). The van der Waals surface area contributed by atoms with Crippen LogP contribution in [0.25, 0.3) is 0 Å². The predicted octanol–water partition coefficient (Wildman–Crippen LogP) is 2.65. The summed E-state index contributed by atoms with van der Waals surface area (Å²) >= 11 is 5.75.